The summed E-state index contributed by atoms with van der Waals surface area (Å²) < 4.78 is 13.2. The Hall–Kier alpha value is -2.73. The predicted molar refractivity (Wildman–Crippen MR) is 90.2 cm³/mol. The van der Waals surface area contributed by atoms with Crippen LogP contribution < -0.4 is 5.32 Å². The van der Waals surface area contributed by atoms with Gasteiger partial charge in [0.2, 0.25) is 0 Å². The van der Waals surface area contributed by atoms with Crippen molar-refractivity contribution in [3.63, 3.8) is 0 Å². The second kappa shape index (κ2) is 7.44. The third-order valence-electron chi connectivity index (χ3n) is 4.26. The molecule has 0 aliphatic carbocycles. The number of aliphatic hydroxyl groups is 1. The third-order valence-corrected chi connectivity index (χ3v) is 4.26. The molecule has 0 aromatic heterocycles. The fraction of sp³-hybridized carbons (Fsp3) is 0.263. The van der Waals surface area contributed by atoms with Crippen LogP contribution in [0.2, 0.25) is 0 Å². The Kier molecular flexibility index (Phi) is 5.09. The Morgan fingerprint density at radius 2 is 1.88 bits per heavy atom. The summed E-state index contributed by atoms with van der Waals surface area (Å²) >= 11 is 0. The van der Waals surface area contributed by atoms with Crippen LogP contribution in [0.3, 0.4) is 0 Å². The van der Waals surface area contributed by atoms with Crippen molar-refractivity contribution in [1.29, 1.82) is 0 Å². The summed E-state index contributed by atoms with van der Waals surface area (Å²) in [4.78, 5) is 25.5. The molecule has 0 saturated carbocycles. The summed E-state index contributed by atoms with van der Waals surface area (Å²) in [6, 6.07) is 14.0. The molecule has 0 radical (unpaired) electrons. The molecule has 2 atom stereocenters. The quantitative estimate of drug-likeness (QED) is 0.792. The molecule has 1 fully saturated rings. The number of β-amino-alcohol motifs (C(OH)–C–C–N with tert-alkyl or cyclic N) is 1. The fourth-order valence-corrected chi connectivity index (χ4v) is 2.89. The number of carbonyl (C=O) groups is 2. The van der Waals surface area contributed by atoms with Gasteiger partial charge in [-0.05, 0) is 36.1 Å². The minimum absolute atomic E-state index is 0.198. The van der Waals surface area contributed by atoms with Crippen molar-refractivity contribution in [3.05, 3.63) is 71.5 Å². The van der Waals surface area contributed by atoms with Gasteiger partial charge in [-0.15, -0.1) is 0 Å². The van der Waals surface area contributed by atoms with E-state index in [9.17, 15) is 19.1 Å². The van der Waals surface area contributed by atoms with E-state index < -0.39 is 24.0 Å². The van der Waals surface area contributed by atoms with Crippen LogP contribution in [0.4, 0.5) is 9.18 Å². The van der Waals surface area contributed by atoms with Crippen molar-refractivity contribution < 1.29 is 19.1 Å². The average Bonchev–Trinajstić information content (AvgIpc) is 2.88. The maximum absolute atomic E-state index is 13.2. The van der Waals surface area contributed by atoms with Crippen LogP contribution in [0.5, 0.6) is 0 Å². The molecule has 25 heavy (non-hydrogen) atoms. The lowest BCUT2D eigenvalue weighted by Crippen LogP contribution is -2.35. The number of carbonyl (C=O) groups excluding carboxylic acids is 2. The summed E-state index contributed by atoms with van der Waals surface area (Å²) in [6.45, 7) is -0.198. The SMILES string of the molecule is O=C1NC(CCc2ccccc2)C(=O)N1CC(O)c1cccc(F)c1. The molecule has 0 spiro atoms. The number of imide groups is 1. The zero-order valence-electron chi connectivity index (χ0n) is 13.6. The number of nitrogens with one attached hydrogen (secondary N) is 1. The van der Waals surface area contributed by atoms with Gasteiger partial charge in [0.05, 0.1) is 12.6 Å². The summed E-state index contributed by atoms with van der Waals surface area (Å²) in [5, 5.41) is 12.8. The molecule has 1 aliphatic rings. The van der Waals surface area contributed by atoms with Gasteiger partial charge in [-0.2, -0.15) is 0 Å². The summed E-state index contributed by atoms with van der Waals surface area (Å²) in [6.07, 6.45) is 0.0252. The van der Waals surface area contributed by atoms with E-state index in [1.54, 1.807) is 6.07 Å². The maximum atomic E-state index is 13.2. The van der Waals surface area contributed by atoms with E-state index in [1.807, 2.05) is 30.3 Å². The van der Waals surface area contributed by atoms with Gasteiger partial charge in [-0.25, -0.2) is 9.18 Å². The van der Waals surface area contributed by atoms with Crippen molar-refractivity contribution in [2.24, 2.45) is 0 Å². The first kappa shape index (κ1) is 17.1. The Labute approximate surface area is 145 Å². The van der Waals surface area contributed by atoms with E-state index in [4.69, 9.17) is 0 Å². The largest absolute Gasteiger partial charge is 0.387 e. The maximum Gasteiger partial charge on any atom is 0.324 e. The van der Waals surface area contributed by atoms with Gasteiger partial charge in [-0.1, -0.05) is 42.5 Å². The Balaban J connectivity index is 1.61. The van der Waals surface area contributed by atoms with E-state index in [1.165, 1.54) is 18.2 Å². The monoisotopic (exact) mass is 342 g/mol. The Morgan fingerprint density at radius 1 is 1.12 bits per heavy atom. The van der Waals surface area contributed by atoms with Gasteiger partial charge >= 0.3 is 6.03 Å². The highest BCUT2D eigenvalue weighted by Crippen LogP contribution is 2.19. The lowest BCUT2D eigenvalue weighted by molar-refractivity contribution is -0.128. The number of aryl methyl sites for hydroxylation is 1. The fourth-order valence-electron chi connectivity index (χ4n) is 2.89. The number of urea groups is 1. The summed E-state index contributed by atoms with van der Waals surface area (Å²) in [5.74, 6) is -0.842. The molecule has 1 heterocycles. The molecule has 6 heteroatoms. The number of aliphatic hydroxyl groups excluding tert-OH is 1. The van der Waals surface area contributed by atoms with E-state index in [0.29, 0.717) is 18.4 Å². The van der Waals surface area contributed by atoms with Gasteiger partial charge in [0.1, 0.15) is 11.9 Å². The second-order valence-electron chi connectivity index (χ2n) is 6.05. The van der Waals surface area contributed by atoms with Crippen molar-refractivity contribution in [2.45, 2.75) is 25.0 Å². The minimum Gasteiger partial charge on any atom is -0.387 e. The molecule has 1 aliphatic heterocycles. The minimum atomic E-state index is -1.13. The number of hydrogen-bond acceptors (Lipinski definition) is 3. The standard InChI is InChI=1S/C19H19FN2O3/c20-15-8-4-7-14(11-15)17(23)12-22-18(24)16(21-19(22)25)10-9-13-5-2-1-3-6-13/h1-8,11,16-17,23H,9-10,12H2,(H,21,25). The molecule has 5 nitrogen and oxygen atoms in total. The van der Waals surface area contributed by atoms with E-state index in [0.717, 1.165) is 10.5 Å². The van der Waals surface area contributed by atoms with Gasteiger partial charge in [0.15, 0.2) is 0 Å². The van der Waals surface area contributed by atoms with Crippen molar-refractivity contribution in [1.82, 2.24) is 10.2 Å². The van der Waals surface area contributed by atoms with Gasteiger partial charge in [0.25, 0.3) is 5.91 Å². The van der Waals surface area contributed by atoms with E-state index >= 15 is 0 Å². The van der Waals surface area contributed by atoms with Crippen molar-refractivity contribution >= 4 is 11.9 Å². The van der Waals surface area contributed by atoms with Crippen LogP contribution in [0.25, 0.3) is 0 Å². The van der Waals surface area contributed by atoms with Crippen LogP contribution in [-0.2, 0) is 11.2 Å². The molecule has 130 valence electrons. The summed E-state index contributed by atoms with van der Waals surface area (Å²) in [7, 11) is 0. The van der Waals surface area contributed by atoms with Crippen LogP contribution in [0.15, 0.2) is 54.6 Å². The highest BCUT2D eigenvalue weighted by Gasteiger charge is 2.38. The first-order valence-electron chi connectivity index (χ1n) is 8.14. The normalized spacial score (nSPS) is 18.3. The number of rotatable bonds is 6. The first-order valence-corrected chi connectivity index (χ1v) is 8.14. The molecule has 2 aromatic rings. The molecule has 3 rings (SSSR count). The van der Waals surface area contributed by atoms with Crippen molar-refractivity contribution in [3.8, 4) is 0 Å². The molecular weight excluding hydrogens is 323 g/mol. The third kappa shape index (κ3) is 4.03. The lowest BCUT2D eigenvalue weighted by atomic mass is 10.0. The zero-order valence-corrected chi connectivity index (χ0v) is 13.6. The number of benzene rings is 2. The molecule has 2 N–H and O–H groups in total. The molecule has 2 aromatic carbocycles. The smallest absolute Gasteiger partial charge is 0.324 e. The molecule has 2 unspecified atom stereocenters. The van der Waals surface area contributed by atoms with Crippen LogP contribution in [-0.4, -0.2) is 34.5 Å². The van der Waals surface area contributed by atoms with Gasteiger partial charge in [0, 0.05) is 0 Å². The van der Waals surface area contributed by atoms with Gasteiger partial charge in [-0.3, -0.25) is 9.69 Å². The average molecular weight is 342 g/mol. The summed E-state index contributed by atoms with van der Waals surface area (Å²) in [5.41, 5.74) is 1.41. The predicted octanol–water partition coefficient (Wildman–Crippen LogP) is 2.41. The molecule has 0 bridgehead atoms. The topological polar surface area (TPSA) is 69.6 Å². The van der Waals surface area contributed by atoms with Gasteiger partial charge < -0.3 is 10.4 Å². The van der Waals surface area contributed by atoms with E-state index in [2.05, 4.69) is 5.32 Å². The lowest BCUT2D eigenvalue weighted by Gasteiger charge is -2.18. The number of hydrogen-bond donors (Lipinski definition) is 2. The van der Waals surface area contributed by atoms with Crippen LogP contribution >= 0.6 is 0 Å². The van der Waals surface area contributed by atoms with Crippen LogP contribution in [0, 0.1) is 5.82 Å². The highest BCUT2D eigenvalue weighted by molar-refractivity contribution is 6.04. The second-order valence-corrected chi connectivity index (χ2v) is 6.05. The number of nitrogens with zero attached hydrogens (tertiary/aromatic N) is 1. The Morgan fingerprint density at radius 3 is 2.60 bits per heavy atom. The molecule has 1 saturated heterocycles. The Bertz CT molecular complexity index is 766. The van der Waals surface area contributed by atoms with Crippen molar-refractivity contribution in [2.75, 3.05) is 6.54 Å². The number of amides is 3. The number of halogens is 1. The molecular formula is C19H19FN2O3. The van der Waals surface area contributed by atoms with E-state index in [-0.39, 0.29) is 12.5 Å². The zero-order chi connectivity index (χ0) is 17.8. The van der Waals surface area contributed by atoms with Crippen LogP contribution in [0.1, 0.15) is 23.7 Å². The first-order chi connectivity index (χ1) is 12.0. The molecule has 3 amide bonds. The highest BCUT2D eigenvalue weighted by atomic mass is 19.1.